The molecule has 0 spiro atoms. The zero-order valence-electron chi connectivity index (χ0n) is 9.60. The van der Waals surface area contributed by atoms with E-state index in [1.165, 1.54) is 0 Å². The molecule has 16 heavy (non-hydrogen) atoms. The first-order chi connectivity index (χ1) is 7.37. The highest BCUT2D eigenvalue weighted by Crippen LogP contribution is 2.26. The first kappa shape index (κ1) is 13.7. The summed E-state index contributed by atoms with van der Waals surface area (Å²) in [4.78, 5) is 11.3. The smallest absolute Gasteiger partial charge is 0.326 e. The molecule has 0 amide bonds. The molecule has 0 aromatic rings. The number of aliphatic hydroxyl groups is 1. The van der Waals surface area contributed by atoms with E-state index in [4.69, 9.17) is 25.8 Å². The molecular weight excluding hydrogens is 236 g/mol. The second kappa shape index (κ2) is 5.31. The van der Waals surface area contributed by atoms with Crippen molar-refractivity contribution in [3.63, 3.8) is 0 Å². The Kier molecular flexibility index (Phi) is 4.55. The van der Waals surface area contributed by atoms with Gasteiger partial charge < -0.3 is 19.3 Å². The van der Waals surface area contributed by atoms with Crippen LogP contribution >= 0.6 is 11.6 Å². The van der Waals surface area contributed by atoms with E-state index in [1.54, 1.807) is 20.8 Å². The molecule has 1 aliphatic heterocycles. The minimum atomic E-state index is -1.14. The largest absolute Gasteiger partial charge is 0.465 e. The fourth-order valence-electron chi connectivity index (χ4n) is 1.43. The summed E-state index contributed by atoms with van der Waals surface area (Å²) in [6.07, 6.45) is -1.75. The lowest BCUT2D eigenvalue weighted by atomic mass is 10.1. The van der Waals surface area contributed by atoms with Gasteiger partial charge in [0.1, 0.15) is 12.2 Å². The summed E-state index contributed by atoms with van der Waals surface area (Å²) in [5.74, 6) is -1.40. The number of ether oxygens (including phenoxy) is 3. The molecule has 3 atom stereocenters. The molecule has 0 aliphatic carbocycles. The van der Waals surface area contributed by atoms with E-state index in [0.29, 0.717) is 0 Å². The predicted molar refractivity (Wildman–Crippen MR) is 57.2 cm³/mol. The zero-order chi connectivity index (χ0) is 12.3. The third-order valence-corrected chi connectivity index (χ3v) is 2.66. The van der Waals surface area contributed by atoms with E-state index in [0.717, 1.165) is 0 Å². The Bertz CT molecular complexity index is 256. The van der Waals surface area contributed by atoms with Gasteiger partial charge in [0.2, 0.25) is 0 Å². The molecule has 0 saturated carbocycles. The van der Waals surface area contributed by atoms with Gasteiger partial charge in [-0.15, -0.1) is 11.6 Å². The minimum Gasteiger partial charge on any atom is -0.465 e. The van der Waals surface area contributed by atoms with Crippen LogP contribution in [0.4, 0.5) is 0 Å². The van der Waals surface area contributed by atoms with Crippen LogP contribution < -0.4 is 0 Å². The number of hydrogen-bond donors (Lipinski definition) is 1. The van der Waals surface area contributed by atoms with Gasteiger partial charge in [0.15, 0.2) is 11.2 Å². The Balaban J connectivity index is 2.51. The molecule has 0 aromatic carbocycles. The maximum absolute atomic E-state index is 11.3. The molecule has 1 saturated heterocycles. The molecule has 6 heteroatoms. The van der Waals surface area contributed by atoms with Crippen LogP contribution in [0.1, 0.15) is 20.8 Å². The maximum atomic E-state index is 11.3. The van der Waals surface area contributed by atoms with E-state index in [9.17, 15) is 9.90 Å². The Morgan fingerprint density at radius 1 is 1.69 bits per heavy atom. The molecule has 1 unspecified atom stereocenters. The van der Waals surface area contributed by atoms with Crippen LogP contribution in [0, 0.1) is 0 Å². The normalized spacial score (nSPS) is 27.4. The lowest BCUT2D eigenvalue weighted by molar-refractivity contribution is -0.159. The Morgan fingerprint density at radius 2 is 2.31 bits per heavy atom. The first-order valence-electron chi connectivity index (χ1n) is 5.18. The minimum absolute atomic E-state index is 0.205. The summed E-state index contributed by atoms with van der Waals surface area (Å²) in [7, 11) is 0. The van der Waals surface area contributed by atoms with Crippen LogP contribution in [0.5, 0.6) is 0 Å². The zero-order valence-corrected chi connectivity index (χ0v) is 10.4. The lowest BCUT2D eigenvalue weighted by Gasteiger charge is -2.22. The standard InChI is InChI=1S/C10H17ClO5/c1-4-14-9(13)7(11)8(12)6-5-15-10(2,3)16-6/h6-8,12H,4-5H2,1-3H3/t6-,7?,8-/m1/s1. The topological polar surface area (TPSA) is 65.0 Å². The highest BCUT2D eigenvalue weighted by Gasteiger charge is 2.41. The summed E-state index contributed by atoms with van der Waals surface area (Å²) in [5.41, 5.74) is 0. The van der Waals surface area contributed by atoms with Crippen molar-refractivity contribution in [1.82, 2.24) is 0 Å². The average Bonchev–Trinajstić information content (AvgIpc) is 2.57. The molecule has 0 aromatic heterocycles. The van der Waals surface area contributed by atoms with Crippen molar-refractivity contribution < 1.29 is 24.1 Å². The quantitative estimate of drug-likeness (QED) is 0.589. The van der Waals surface area contributed by atoms with E-state index in [-0.39, 0.29) is 13.2 Å². The monoisotopic (exact) mass is 252 g/mol. The third kappa shape index (κ3) is 3.31. The number of alkyl halides is 1. The van der Waals surface area contributed by atoms with Crippen molar-refractivity contribution in [1.29, 1.82) is 0 Å². The van der Waals surface area contributed by atoms with Gasteiger partial charge in [0, 0.05) is 0 Å². The fraction of sp³-hybridized carbons (Fsp3) is 0.900. The van der Waals surface area contributed by atoms with E-state index < -0.39 is 29.3 Å². The highest BCUT2D eigenvalue weighted by atomic mass is 35.5. The van der Waals surface area contributed by atoms with Crippen molar-refractivity contribution >= 4 is 17.6 Å². The number of aliphatic hydroxyl groups excluding tert-OH is 1. The van der Waals surface area contributed by atoms with Gasteiger partial charge in [-0.25, -0.2) is 0 Å². The second-order valence-electron chi connectivity index (χ2n) is 4.01. The Hall–Kier alpha value is -0.360. The molecule has 1 fully saturated rings. The van der Waals surface area contributed by atoms with Crippen LogP contribution in [-0.4, -0.2) is 47.7 Å². The van der Waals surface area contributed by atoms with Crippen LogP contribution in [0.2, 0.25) is 0 Å². The number of halogens is 1. The van der Waals surface area contributed by atoms with Gasteiger partial charge in [-0.1, -0.05) is 0 Å². The number of esters is 1. The van der Waals surface area contributed by atoms with Crippen molar-refractivity contribution in [2.75, 3.05) is 13.2 Å². The van der Waals surface area contributed by atoms with Gasteiger partial charge >= 0.3 is 5.97 Å². The van der Waals surface area contributed by atoms with Crippen molar-refractivity contribution in [3.8, 4) is 0 Å². The predicted octanol–water partition coefficient (Wildman–Crippen LogP) is 0.669. The Labute approximate surface area is 99.6 Å². The number of hydrogen-bond acceptors (Lipinski definition) is 5. The SMILES string of the molecule is CCOC(=O)C(Cl)[C@H](O)[C@H]1COC(C)(C)O1. The number of carbonyl (C=O) groups is 1. The summed E-state index contributed by atoms with van der Waals surface area (Å²) >= 11 is 5.77. The number of carbonyl (C=O) groups excluding carboxylic acids is 1. The van der Waals surface area contributed by atoms with E-state index in [1.807, 2.05) is 0 Å². The third-order valence-electron chi connectivity index (χ3n) is 2.22. The number of rotatable bonds is 4. The second-order valence-corrected chi connectivity index (χ2v) is 4.48. The van der Waals surface area contributed by atoms with E-state index >= 15 is 0 Å². The van der Waals surface area contributed by atoms with Crippen LogP contribution in [0.3, 0.4) is 0 Å². The van der Waals surface area contributed by atoms with Gasteiger partial charge in [0.05, 0.1) is 13.2 Å². The van der Waals surface area contributed by atoms with Gasteiger partial charge in [0.25, 0.3) is 0 Å². The van der Waals surface area contributed by atoms with E-state index in [2.05, 4.69) is 0 Å². The van der Waals surface area contributed by atoms with Gasteiger partial charge in [-0.3, -0.25) is 4.79 Å². The highest BCUT2D eigenvalue weighted by molar-refractivity contribution is 6.30. The lowest BCUT2D eigenvalue weighted by Crippen LogP contribution is -2.41. The maximum Gasteiger partial charge on any atom is 0.326 e. The van der Waals surface area contributed by atoms with Crippen molar-refractivity contribution in [2.45, 2.75) is 44.1 Å². The summed E-state index contributed by atoms with van der Waals surface area (Å²) < 4.78 is 15.4. The van der Waals surface area contributed by atoms with Crippen LogP contribution in [-0.2, 0) is 19.0 Å². The summed E-state index contributed by atoms with van der Waals surface area (Å²) in [6.45, 7) is 5.56. The van der Waals surface area contributed by atoms with Gasteiger partial charge in [-0.2, -0.15) is 0 Å². The van der Waals surface area contributed by atoms with Gasteiger partial charge in [-0.05, 0) is 20.8 Å². The first-order valence-corrected chi connectivity index (χ1v) is 5.61. The Morgan fingerprint density at radius 3 is 2.75 bits per heavy atom. The molecule has 0 radical (unpaired) electrons. The van der Waals surface area contributed by atoms with Crippen molar-refractivity contribution in [3.05, 3.63) is 0 Å². The van der Waals surface area contributed by atoms with Crippen molar-refractivity contribution in [2.24, 2.45) is 0 Å². The fourth-order valence-corrected chi connectivity index (χ4v) is 1.66. The average molecular weight is 253 g/mol. The summed E-state index contributed by atoms with van der Waals surface area (Å²) in [5, 5.41) is 8.67. The molecule has 1 heterocycles. The molecule has 94 valence electrons. The summed E-state index contributed by atoms with van der Waals surface area (Å²) in [6, 6.07) is 0. The molecule has 1 rings (SSSR count). The molecule has 1 aliphatic rings. The van der Waals surface area contributed by atoms with Crippen LogP contribution in [0.25, 0.3) is 0 Å². The molecule has 0 bridgehead atoms. The molecule has 5 nitrogen and oxygen atoms in total. The molecular formula is C10H17ClO5. The molecule has 1 N–H and O–H groups in total. The van der Waals surface area contributed by atoms with Crippen LogP contribution in [0.15, 0.2) is 0 Å².